The maximum absolute atomic E-state index is 13.1. The van der Waals surface area contributed by atoms with Gasteiger partial charge in [-0.05, 0) is 100 Å². The van der Waals surface area contributed by atoms with Gasteiger partial charge in [-0.25, -0.2) is 9.59 Å². The fraction of sp³-hybridized carbons (Fsp3) is 0.372. The monoisotopic (exact) mass is 734 g/mol. The third-order valence-corrected chi connectivity index (χ3v) is 9.45. The minimum atomic E-state index is -0.851. The zero-order valence-corrected chi connectivity index (χ0v) is 32.1. The topological polar surface area (TPSA) is 127 Å². The molecule has 2 atom stereocenters. The van der Waals surface area contributed by atoms with E-state index in [4.69, 9.17) is 18.9 Å². The Labute approximate surface area is 317 Å². The van der Waals surface area contributed by atoms with Crippen molar-refractivity contribution in [2.45, 2.75) is 85.3 Å². The highest BCUT2D eigenvalue weighted by Crippen LogP contribution is 2.57. The van der Waals surface area contributed by atoms with Crippen LogP contribution in [0.5, 0.6) is 11.5 Å². The first-order chi connectivity index (χ1) is 25.8. The summed E-state index contributed by atoms with van der Waals surface area (Å²) in [5, 5.41) is 8.38. The van der Waals surface area contributed by atoms with Gasteiger partial charge in [-0.15, -0.1) is 0 Å². The quantitative estimate of drug-likeness (QED) is 0.139. The number of carbonyl (C=O) groups is 3. The molecule has 2 aliphatic rings. The van der Waals surface area contributed by atoms with E-state index < -0.39 is 29.4 Å². The van der Waals surface area contributed by atoms with Gasteiger partial charge in [-0.3, -0.25) is 10.1 Å². The van der Waals surface area contributed by atoms with Crippen LogP contribution in [0.25, 0.3) is 0 Å². The van der Waals surface area contributed by atoms with E-state index in [-0.39, 0.29) is 18.4 Å². The van der Waals surface area contributed by atoms with Crippen LogP contribution in [0.1, 0.15) is 82.7 Å². The van der Waals surface area contributed by atoms with E-state index in [0.29, 0.717) is 35.9 Å². The van der Waals surface area contributed by atoms with Gasteiger partial charge in [0.2, 0.25) is 5.91 Å². The molecule has 0 aliphatic carbocycles. The highest BCUT2D eigenvalue weighted by atomic mass is 16.6. The van der Waals surface area contributed by atoms with Gasteiger partial charge in [0, 0.05) is 53.4 Å². The standard InChI is InChI=1S/C43H50N4O7/c1-8-47(9-2)32-19-21-35-38(24-32)53-37-23-31(18-20-34(37)43(35)33-13-11-10-12-29(33)26-52-43)45-40(49)51-25-28-14-16-30(17-15-28)44-39(48)36(22-27(3)4)46-41(50)54-42(5,6)7/h10-21,23-24,27,36H,8-9,22,25-26H2,1-7H3,(H,44,48)(H,45,49)(H,46,50)/t36-,43?/m0/s1. The molecule has 11 nitrogen and oxygen atoms in total. The second-order valence-electron chi connectivity index (χ2n) is 15.0. The molecule has 0 fully saturated rings. The number of amides is 3. The van der Waals surface area contributed by atoms with Gasteiger partial charge >= 0.3 is 12.2 Å². The number of nitrogens with zero attached hydrogens (tertiary/aromatic N) is 1. The average Bonchev–Trinajstić information content (AvgIpc) is 3.50. The fourth-order valence-electron chi connectivity index (χ4n) is 6.98. The Hall–Kier alpha value is -5.55. The Morgan fingerprint density at radius 3 is 2.17 bits per heavy atom. The molecule has 0 saturated heterocycles. The molecule has 2 aliphatic heterocycles. The molecule has 4 aromatic carbocycles. The average molecular weight is 735 g/mol. The largest absolute Gasteiger partial charge is 0.456 e. The summed E-state index contributed by atoms with van der Waals surface area (Å²) in [6.45, 7) is 15.7. The minimum Gasteiger partial charge on any atom is -0.456 e. The number of benzene rings is 4. The van der Waals surface area contributed by atoms with E-state index in [2.05, 4.69) is 65.0 Å². The van der Waals surface area contributed by atoms with Gasteiger partial charge in [0.15, 0.2) is 5.60 Å². The number of fused-ring (bicyclic) bond motifs is 6. The zero-order valence-electron chi connectivity index (χ0n) is 32.1. The molecule has 6 rings (SSSR count). The Morgan fingerprint density at radius 2 is 1.48 bits per heavy atom. The first-order valence-electron chi connectivity index (χ1n) is 18.6. The minimum absolute atomic E-state index is 0.00686. The van der Waals surface area contributed by atoms with Crippen LogP contribution in [-0.4, -0.2) is 42.8 Å². The van der Waals surface area contributed by atoms with Crippen molar-refractivity contribution < 1.29 is 33.3 Å². The highest BCUT2D eigenvalue weighted by Gasteiger charge is 2.49. The normalized spacial score (nSPS) is 16.0. The molecule has 284 valence electrons. The molecule has 0 radical (unpaired) electrons. The number of hydrogen-bond acceptors (Lipinski definition) is 8. The number of anilines is 3. The van der Waals surface area contributed by atoms with Crippen LogP contribution in [-0.2, 0) is 37.8 Å². The first-order valence-corrected chi connectivity index (χ1v) is 18.6. The van der Waals surface area contributed by atoms with Gasteiger partial charge in [-0.1, -0.05) is 50.2 Å². The maximum Gasteiger partial charge on any atom is 0.411 e. The number of nitrogens with one attached hydrogen (secondary N) is 3. The van der Waals surface area contributed by atoms with Gasteiger partial charge < -0.3 is 34.5 Å². The summed E-state index contributed by atoms with van der Waals surface area (Å²) >= 11 is 0. The fourth-order valence-corrected chi connectivity index (χ4v) is 6.98. The number of alkyl carbamates (subject to hydrolysis) is 1. The van der Waals surface area contributed by atoms with Crippen molar-refractivity contribution in [1.82, 2.24) is 5.32 Å². The third kappa shape index (κ3) is 8.31. The lowest BCUT2D eigenvalue weighted by Crippen LogP contribution is -2.46. The molecule has 2 heterocycles. The van der Waals surface area contributed by atoms with Gasteiger partial charge in [-0.2, -0.15) is 0 Å². The predicted molar refractivity (Wildman–Crippen MR) is 209 cm³/mol. The molecule has 1 unspecified atom stereocenters. The van der Waals surface area contributed by atoms with E-state index in [1.54, 1.807) is 51.1 Å². The summed E-state index contributed by atoms with van der Waals surface area (Å²) in [4.78, 5) is 40.7. The molecule has 4 aromatic rings. The molecule has 11 heteroatoms. The zero-order chi connectivity index (χ0) is 38.6. The van der Waals surface area contributed by atoms with Crippen molar-refractivity contribution in [1.29, 1.82) is 0 Å². The Balaban J connectivity index is 1.12. The van der Waals surface area contributed by atoms with E-state index >= 15 is 0 Å². The number of carbonyl (C=O) groups excluding carboxylic acids is 3. The summed E-state index contributed by atoms with van der Waals surface area (Å²) < 4.78 is 24.2. The van der Waals surface area contributed by atoms with Gasteiger partial charge in [0.25, 0.3) is 0 Å². The molecule has 3 amide bonds. The Morgan fingerprint density at radius 1 is 0.815 bits per heavy atom. The van der Waals surface area contributed by atoms with Crippen LogP contribution in [0.4, 0.5) is 26.7 Å². The van der Waals surface area contributed by atoms with Crippen LogP contribution < -0.4 is 25.6 Å². The summed E-state index contributed by atoms with van der Waals surface area (Å²) in [5.74, 6) is 1.10. The Bertz CT molecular complexity index is 2000. The third-order valence-electron chi connectivity index (χ3n) is 9.45. The second kappa shape index (κ2) is 15.8. The van der Waals surface area contributed by atoms with Gasteiger partial charge in [0.05, 0.1) is 6.61 Å². The molecular weight excluding hydrogens is 684 g/mol. The first kappa shape index (κ1) is 38.2. The van der Waals surface area contributed by atoms with Crippen LogP contribution >= 0.6 is 0 Å². The number of hydrogen-bond donors (Lipinski definition) is 3. The van der Waals surface area contributed by atoms with Crippen molar-refractivity contribution in [2.24, 2.45) is 5.92 Å². The lowest BCUT2D eigenvalue weighted by molar-refractivity contribution is -0.118. The molecular formula is C43H50N4O7. The lowest BCUT2D eigenvalue weighted by atomic mass is 9.77. The SMILES string of the molecule is CCN(CC)c1ccc2c(c1)Oc1cc(NC(=O)OCc3ccc(NC(=O)[C@H](CC(C)C)NC(=O)OC(C)(C)C)cc3)ccc1C21OCc2ccccc21. The van der Waals surface area contributed by atoms with Crippen molar-refractivity contribution in [2.75, 3.05) is 28.6 Å². The summed E-state index contributed by atoms with van der Waals surface area (Å²) in [5.41, 5.74) is 5.29. The molecule has 0 aromatic heterocycles. The smallest absolute Gasteiger partial charge is 0.411 e. The van der Waals surface area contributed by atoms with Crippen LogP contribution in [0, 0.1) is 5.92 Å². The number of rotatable bonds is 11. The Kier molecular flexibility index (Phi) is 11.2. The highest BCUT2D eigenvalue weighted by molar-refractivity contribution is 5.96. The van der Waals surface area contributed by atoms with Crippen molar-refractivity contribution >= 4 is 35.2 Å². The van der Waals surface area contributed by atoms with E-state index in [9.17, 15) is 14.4 Å². The maximum atomic E-state index is 13.1. The molecule has 0 saturated carbocycles. The van der Waals surface area contributed by atoms with E-state index in [1.807, 2.05) is 38.1 Å². The van der Waals surface area contributed by atoms with Crippen LogP contribution in [0.15, 0.2) is 84.9 Å². The lowest BCUT2D eigenvalue weighted by Gasteiger charge is -2.38. The van der Waals surface area contributed by atoms with Crippen molar-refractivity contribution in [3.63, 3.8) is 0 Å². The van der Waals surface area contributed by atoms with Crippen molar-refractivity contribution in [3.8, 4) is 11.5 Å². The number of ether oxygens (including phenoxy) is 4. The summed E-state index contributed by atoms with van der Waals surface area (Å²) in [7, 11) is 0. The van der Waals surface area contributed by atoms with E-state index in [0.717, 1.165) is 46.6 Å². The van der Waals surface area contributed by atoms with Crippen molar-refractivity contribution in [3.05, 3.63) is 113 Å². The molecule has 3 N–H and O–H groups in total. The summed E-state index contributed by atoms with van der Waals surface area (Å²) in [6, 6.07) is 26.3. The van der Waals surface area contributed by atoms with Crippen LogP contribution in [0.2, 0.25) is 0 Å². The van der Waals surface area contributed by atoms with Gasteiger partial charge in [0.1, 0.15) is 29.7 Å². The summed E-state index contributed by atoms with van der Waals surface area (Å²) in [6.07, 6.45) is -0.839. The molecule has 0 bridgehead atoms. The molecule has 1 spiro atoms. The van der Waals surface area contributed by atoms with E-state index in [1.165, 1.54) is 0 Å². The molecule has 54 heavy (non-hydrogen) atoms. The second-order valence-corrected chi connectivity index (χ2v) is 15.0. The predicted octanol–water partition coefficient (Wildman–Crippen LogP) is 9.09. The van der Waals surface area contributed by atoms with Crippen LogP contribution in [0.3, 0.4) is 0 Å².